The van der Waals surface area contributed by atoms with Gasteiger partial charge in [0.2, 0.25) is 5.91 Å². The van der Waals surface area contributed by atoms with E-state index in [1.165, 1.54) is 23.1 Å². The van der Waals surface area contributed by atoms with Crippen molar-refractivity contribution in [3.8, 4) is 0 Å². The van der Waals surface area contributed by atoms with E-state index in [4.69, 9.17) is 4.74 Å². The van der Waals surface area contributed by atoms with Gasteiger partial charge in [-0.05, 0) is 91.1 Å². The van der Waals surface area contributed by atoms with Gasteiger partial charge >= 0.3 is 5.97 Å². The largest absolute Gasteiger partial charge is 0.462 e. The van der Waals surface area contributed by atoms with Crippen molar-refractivity contribution >= 4 is 74.5 Å². The fourth-order valence-corrected chi connectivity index (χ4v) is 9.61. The number of nitrogens with one attached hydrogen (secondary N) is 4. The second kappa shape index (κ2) is 17.7. The first-order valence-electron chi connectivity index (χ1n) is 19.4. The number of fused-ring (bicyclic) bond motifs is 2. The number of carbonyl (C=O) groups is 4. The van der Waals surface area contributed by atoms with E-state index in [9.17, 15) is 19.2 Å². The monoisotopic (exact) mass is 810 g/mol. The number of aromatic nitrogens is 1. The Morgan fingerprint density at radius 1 is 0.914 bits per heavy atom. The Hall–Kier alpha value is -5.91. The van der Waals surface area contributed by atoms with Crippen molar-refractivity contribution in [3.05, 3.63) is 154 Å². The Morgan fingerprint density at radius 2 is 1.64 bits per heavy atom. The van der Waals surface area contributed by atoms with Gasteiger partial charge in [0.1, 0.15) is 15.9 Å². The van der Waals surface area contributed by atoms with Gasteiger partial charge in [0.25, 0.3) is 11.8 Å². The first kappa shape index (κ1) is 40.3. The second-order valence-corrected chi connectivity index (χ2v) is 17.6. The lowest BCUT2D eigenvalue weighted by Crippen LogP contribution is -2.30. The number of para-hydroxylation sites is 1. The standard InChI is InChI=1S/C47H46N4O5S2/c1-5-56-46(55)40-36-24-23-32(47(2,3)4)26-39(36)58-45(40)51-44(54)41(29-15-8-6-9-16-29)57-34-20-14-19-33(27-34)49-43(53)38(50-42(52)30-17-10-7-11-18-30)25-31-28-48-37-22-13-12-21-35(31)37/h6-22,25,27-28,32,41,48H,5,23-24,26H2,1-4H3,(H,49,53)(H,50,52)(H,51,54)/b38-25-. The highest BCUT2D eigenvalue weighted by molar-refractivity contribution is 8.00. The normalized spacial score (nSPS) is 14.6. The Bertz CT molecular complexity index is 2480. The number of thioether (sulfide) groups is 1. The van der Waals surface area contributed by atoms with Crippen LogP contribution in [-0.4, -0.2) is 35.3 Å². The van der Waals surface area contributed by atoms with Crippen molar-refractivity contribution < 1.29 is 23.9 Å². The third kappa shape index (κ3) is 9.27. The molecule has 9 nitrogen and oxygen atoms in total. The van der Waals surface area contributed by atoms with Crippen LogP contribution in [0.15, 0.2) is 126 Å². The van der Waals surface area contributed by atoms with E-state index >= 15 is 0 Å². The van der Waals surface area contributed by atoms with E-state index in [0.717, 1.165) is 56.6 Å². The van der Waals surface area contributed by atoms with E-state index in [-0.39, 0.29) is 23.6 Å². The number of hydrogen-bond donors (Lipinski definition) is 4. The third-order valence-corrected chi connectivity index (χ3v) is 12.8. The Balaban J connectivity index is 1.15. The molecule has 0 saturated carbocycles. The Morgan fingerprint density at radius 3 is 2.38 bits per heavy atom. The molecule has 4 aromatic carbocycles. The van der Waals surface area contributed by atoms with Crippen LogP contribution in [0.25, 0.3) is 17.0 Å². The summed E-state index contributed by atoms with van der Waals surface area (Å²) >= 11 is 2.80. The van der Waals surface area contributed by atoms with Gasteiger partial charge in [-0.1, -0.05) is 93.6 Å². The minimum atomic E-state index is -0.703. The van der Waals surface area contributed by atoms with Crippen LogP contribution in [0.2, 0.25) is 0 Å². The molecule has 2 atom stereocenters. The SMILES string of the molecule is CCOC(=O)c1c(NC(=O)C(Sc2cccc(NC(=O)/C(=C/c3c[nH]c4ccccc34)NC(=O)c3ccccc3)c2)c2ccccc2)sc2c1CCC(C(C)(C)C)C2. The number of thiophene rings is 1. The maximum Gasteiger partial charge on any atom is 0.341 e. The molecule has 2 unspecified atom stereocenters. The van der Waals surface area contributed by atoms with E-state index in [1.807, 2.05) is 66.7 Å². The van der Waals surface area contributed by atoms with Gasteiger partial charge in [-0.2, -0.15) is 0 Å². The summed E-state index contributed by atoms with van der Waals surface area (Å²) in [5, 5.41) is 9.63. The van der Waals surface area contributed by atoms with Gasteiger partial charge < -0.3 is 25.7 Å². The number of esters is 1. The van der Waals surface area contributed by atoms with Gasteiger partial charge in [-0.15, -0.1) is 23.1 Å². The van der Waals surface area contributed by atoms with E-state index in [2.05, 4.69) is 41.7 Å². The summed E-state index contributed by atoms with van der Waals surface area (Å²) in [4.78, 5) is 60.2. The number of rotatable bonds is 12. The summed E-state index contributed by atoms with van der Waals surface area (Å²) in [5.74, 6) is -1.19. The van der Waals surface area contributed by atoms with Gasteiger partial charge in [-0.25, -0.2) is 4.79 Å². The van der Waals surface area contributed by atoms with Crippen molar-refractivity contribution in [2.45, 2.75) is 57.1 Å². The highest BCUT2D eigenvalue weighted by atomic mass is 32.2. The summed E-state index contributed by atoms with van der Waals surface area (Å²) in [7, 11) is 0. The molecule has 0 fully saturated rings. The average molecular weight is 811 g/mol. The van der Waals surface area contributed by atoms with Crippen molar-refractivity contribution in [1.29, 1.82) is 0 Å². The van der Waals surface area contributed by atoms with Crippen LogP contribution in [0, 0.1) is 11.3 Å². The van der Waals surface area contributed by atoms with Crippen LogP contribution in [0.5, 0.6) is 0 Å². The van der Waals surface area contributed by atoms with Crippen molar-refractivity contribution in [2.75, 3.05) is 17.2 Å². The van der Waals surface area contributed by atoms with Crippen LogP contribution in [0.4, 0.5) is 10.7 Å². The first-order chi connectivity index (χ1) is 28.0. The number of ether oxygens (including phenoxy) is 1. The summed E-state index contributed by atoms with van der Waals surface area (Å²) in [6.45, 7) is 8.76. The summed E-state index contributed by atoms with van der Waals surface area (Å²) < 4.78 is 5.51. The summed E-state index contributed by atoms with van der Waals surface area (Å²) in [6.07, 6.45) is 6.00. The maximum atomic E-state index is 14.4. The number of H-pyrrole nitrogens is 1. The molecule has 0 radical (unpaired) electrons. The molecule has 3 amide bonds. The molecular formula is C47H46N4O5S2. The second-order valence-electron chi connectivity index (χ2n) is 15.3. The van der Waals surface area contributed by atoms with E-state index in [1.54, 1.807) is 61.7 Å². The van der Waals surface area contributed by atoms with Gasteiger partial charge in [0.05, 0.1) is 12.2 Å². The molecule has 2 aromatic heterocycles. The molecule has 0 spiro atoms. The van der Waals surface area contributed by atoms with Crippen molar-refractivity contribution in [2.24, 2.45) is 11.3 Å². The minimum Gasteiger partial charge on any atom is -0.462 e. The van der Waals surface area contributed by atoms with Gasteiger partial charge in [-0.3, -0.25) is 14.4 Å². The predicted molar refractivity (Wildman–Crippen MR) is 234 cm³/mol. The zero-order chi connectivity index (χ0) is 40.8. The Labute approximate surface area is 346 Å². The highest BCUT2D eigenvalue weighted by Crippen LogP contribution is 2.45. The fraction of sp³-hybridized carbons (Fsp3) is 0.234. The lowest BCUT2D eigenvalue weighted by atomic mass is 9.72. The van der Waals surface area contributed by atoms with Crippen LogP contribution in [-0.2, 0) is 27.2 Å². The number of aromatic amines is 1. The molecule has 11 heteroatoms. The van der Waals surface area contributed by atoms with Crippen molar-refractivity contribution in [3.63, 3.8) is 0 Å². The number of amides is 3. The Kier molecular flexibility index (Phi) is 12.3. The van der Waals surface area contributed by atoms with Crippen molar-refractivity contribution in [1.82, 2.24) is 10.3 Å². The molecule has 1 aliphatic carbocycles. The molecule has 6 aromatic rings. The maximum absolute atomic E-state index is 14.4. The minimum absolute atomic E-state index is 0.0584. The quantitative estimate of drug-likeness (QED) is 0.0553. The first-order valence-corrected chi connectivity index (χ1v) is 21.1. The molecule has 2 heterocycles. The highest BCUT2D eigenvalue weighted by Gasteiger charge is 2.35. The lowest BCUT2D eigenvalue weighted by Gasteiger charge is -2.33. The average Bonchev–Trinajstić information content (AvgIpc) is 3.80. The topological polar surface area (TPSA) is 129 Å². The third-order valence-electron chi connectivity index (χ3n) is 10.3. The molecule has 0 saturated heterocycles. The molecule has 296 valence electrons. The molecule has 7 rings (SSSR count). The molecule has 1 aliphatic rings. The number of carbonyl (C=O) groups excluding carboxylic acids is 4. The predicted octanol–water partition coefficient (Wildman–Crippen LogP) is 10.4. The zero-order valence-electron chi connectivity index (χ0n) is 32.9. The van der Waals surface area contributed by atoms with Crippen LogP contribution < -0.4 is 16.0 Å². The molecular weight excluding hydrogens is 765 g/mol. The van der Waals surface area contributed by atoms with E-state index < -0.39 is 23.0 Å². The van der Waals surface area contributed by atoms with E-state index in [0.29, 0.717) is 27.7 Å². The summed E-state index contributed by atoms with van der Waals surface area (Å²) in [5.41, 5.74) is 4.91. The molecule has 4 N–H and O–H groups in total. The van der Waals surface area contributed by atoms with Crippen LogP contribution in [0.3, 0.4) is 0 Å². The van der Waals surface area contributed by atoms with Crippen LogP contribution >= 0.6 is 23.1 Å². The number of anilines is 2. The lowest BCUT2D eigenvalue weighted by molar-refractivity contribution is -0.116. The fourth-order valence-electron chi connectivity index (χ4n) is 7.20. The smallest absolute Gasteiger partial charge is 0.341 e. The zero-order valence-corrected chi connectivity index (χ0v) is 34.5. The van der Waals surface area contributed by atoms with Gasteiger partial charge in [0, 0.05) is 43.7 Å². The number of hydrogen-bond acceptors (Lipinski definition) is 7. The summed E-state index contributed by atoms with van der Waals surface area (Å²) in [6, 6.07) is 33.2. The number of benzene rings is 4. The molecule has 0 aliphatic heterocycles. The van der Waals surface area contributed by atoms with Gasteiger partial charge in [0.15, 0.2) is 0 Å². The molecule has 58 heavy (non-hydrogen) atoms. The molecule has 0 bridgehead atoms. The van der Waals surface area contributed by atoms with Crippen LogP contribution in [0.1, 0.15) is 81.6 Å².